The minimum atomic E-state index is -0.607. The fraction of sp³-hybridized carbons (Fsp3) is 0.667. The molecule has 0 fully saturated rings. The van der Waals surface area contributed by atoms with Crippen molar-refractivity contribution < 1.29 is 5.11 Å². The molecule has 0 amide bonds. The molecule has 19 heavy (non-hydrogen) atoms. The number of unbranched alkanes of at least 4 members (excludes halogenated alkanes) is 5. The van der Waals surface area contributed by atoms with Crippen LogP contribution in [-0.2, 0) is 5.60 Å². The number of benzene rings is 1. The summed E-state index contributed by atoms with van der Waals surface area (Å²) in [5, 5.41) is 11.0. The van der Waals surface area contributed by atoms with Crippen LogP contribution in [0.2, 0.25) is 0 Å². The smallest absolute Gasteiger partial charge is 0.0896 e. The molecule has 1 rings (SSSR count). The third-order valence-electron chi connectivity index (χ3n) is 3.95. The van der Waals surface area contributed by atoms with E-state index in [0.717, 1.165) is 31.2 Å². The van der Waals surface area contributed by atoms with Crippen LogP contribution in [-0.4, -0.2) is 5.11 Å². The molecule has 1 heteroatoms. The average Bonchev–Trinajstić information content (AvgIpc) is 2.45. The van der Waals surface area contributed by atoms with Crippen molar-refractivity contribution >= 4 is 0 Å². The van der Waals surface area contributed by atoms with E-state index < -0.39 is 5.60 Å². The first-order chi connectivity index (χ1) is 9.23. The van der Waals surface area contributed by atoms with Crippen molar-refractivity contribution in [1.29, 1.82) is 0 Å². The minimum absolute atomic E-state index is 0.607. The van der Waals surface area contributed by atoms with E-state index >= 15 is 0 Å². The molecule has 1 unspecified atom stereocenters. The van der Waals surface area contributed by atoms with Gasteiger partial charge in [-0.1, -0.05) is 89.1 Å². The van der Waals surface area contributed by atoms with E-state index in [0.29, 0.717) is 0 Å². The lowest BCUT2D eigenvalue weighted by atomic mass is 9.84. The first-order valence-electron chi connectivity index (χ1n) is 8.01. The summed E-state index contributed by atoms with van der Waals surface area (Å²) in [5.41, 5.74) is 0.493. The van der Waals surface area contributed by atoms with Gasteiger partial charge in [0.25, 0.3) is 0 Å². The topological polar surface area (TPSA) is 20.2 Å². The maximum atomic E-state index is 11.0. The van der Waals surface area contributed by atoms with Crippen molar-refractivity contribution in [2.24, 2.45) is 0 Å². The normalized spacial score (nSPS) is 14.3. The van der Waals surface area contributed by atoms with Crippen LogP contribution in [0.3, 0.4) is 0 Å². The molecule has 108 valence electrons. The summed E-state index contributed by atoms with van der Waals surface area (Å²) in [4.78, 5) is 0. The van der Waals surface area contributed by atoms with E-state index in [4.69, 9.17) is 0 Å². The van der Waals surface area contributed by atoms with Crippen molar-refractivity contribution in [3.05, 3.63) is 35.9 Å². The molecule has 0 aliphatic rings. The van der Waals surface area contributed by atoms with Gasteiger partial charge in [0.1, 0.15) is 0 Å². The van der Waals surface area contributed by atoms with Crippen LogP contribution >= 0.6 is 0 Å². The fourth-order valence-electron chi connectivity index (χ4n) is 2.67. The monoisotopic (exact) mass is 262 g/mol. The Morgan fingerprint density at radius 2 is 1.32 bits per heavy atom. The lowest BCUT2D eigenvalue weighted by molar-refractivity contribution is 0.0134. The third kappa shape index (κ3) is 5.78. The molecule has 0 saturated carbocycles. The lowest BCUT2D eigenvalue weighted by Gasteiger charge is -2.29. The molecule has 0 aromatic heterocycles. The quantitative estimate of drug-likeness (QED) is 0.558. The van der Waals surface area contributed by atoms with Gasteiger partial charge in [-0.05, 0) is 18.4 Å². The summed E-state index contributed by atoms with van der Waals surface area (Å²) < 4.78 is 0. The van der Waals surface area contributed by atoms with E-state index in [1.54, 1.807) is 0 Å². The molecule has 1 aromatic carbocycles. The average molecular weight is 262 g/mol. The zero-order valence-corrected chi connectivity index (χ0v) is 12.7. The van der Waals surface area contributed by atoms with Crippen LogP contribution in [0.15, 0.2) is 30.3 Å². The van der Waals surface area contributed by atoms with Crippen LogP contribution in [0, 0.1) is 0 Å². The Morgan fingerprint density at radius 1 is 0.789 bits per heavy atom. The van der Waals surface area contributed by atoms with E-state index in [9.17, 15) is 5.11 Å². The van der Waals surface area contributed by atoms with Crippen LogP contribution in [0.25, 0.3) is 0 Å². The van der Waals surface area contributed by atoms with Crippen LogP contribution in [0.4, 0.5) is 0 Å². The van der Waals surface area contributed by atoms with Gasteiger partial charge < -0.3 is 5.11 Å². The first-order valence-corrected chi connectivity index (χ1v) is 8.01. The lowest BCUT2D eigenvalue weighted by Crippen LogP contribution is -2.25. The second-order valence-corrected chi connectivity index (χ2v) is 5.67. The van der Waals surface area contributed by atoms with Crippen LogP contribution in [0.5, 0.6) is 0 Å². The van der Waals surface area contributed by atoms with Crippen molar-refractivity contribution in [2.75, 3.05) is 0 Å². The summed E-state index contributed by atoms with van der Waals surface area (Å²) in [6.07, 6.45) is 10.2. The molecule has 1 aromatic rings. The van der Waals surface area contributed by atoms with Gasteiger partial charge in [0.2, 0.25) is 0 Å². The third-order valence-corrected chi connectivity index (χ3v) is 3.95. The highest BCUT2D eigenvalue weighted by atomic mass is 16.3. The number of rotatable bonds is 10. The van der Waals surface area contributed by atoms with Gasteiger partial charge in [-0.25, -0.2) is 0 Å². The molecule has 0 heterocycles. The molecule has 1 N–H and O–H groups in total. The SMILES string of the molecule is CCCCCCC(O)(CCCCC)c1ccccc1. The Kier molecular flexibility index (Phi) is 7.81. The summed E-state index contributed by atoms with van der Waals surface area (Å²) in [6, 6.07) is 10.2. The molecular formula is C18H30O. The molecule has 0 spiro atoms. The highest BCUT2D eigenvalue weighted by Gasteiger charge is 2.27. The Labute approximate surface area is 119 Å². The highest BCUT2D eigenvalue weighted by Crippen LogP contribution is 2.32. The Bertz CT molecular complexity index is 320. The van der Waals surface area contributed by atoms with Gasteiger partial charge in [-0.15, -0.1) is 0 Å². The molecule has 0 aliphatic carbocycles. The van der Waals surface area contributed by atoms with Gasteiger partial charge in [-0.3, -0.25) is 0 Å². The van der Waals surface area contributed by atoms with E-state index in [1.165, 1.54) is 32.1 Å². The first kappa shape index (κ1) is 16.2. The molecule has 0 saturated heterocycles. The van der Waals surface area contributed by atoms with Crippen LogP contribution < -0.4 is 0 Å². The Morgan fingerprint density at radius 3 is 1.89 bits per heavy atom. The summed E-state index contributed by atoms with van der Waals surface area (Å²) >= 11 is 0. The van der Waals surface area contributed by atoms with Crippen molar-refractivity contribution in [2.45, 2.75) is 77.2 Å². The largest absolute Gasteiger partial charge is 0.385 e. The summed E-state index contributed by atoms with van der Waals surface area (Å²) in [5.74, 6) is 0. The van der Waals surface area contributed by atoms with Gasteiger partial charge in [0.05, 0.1) is 5.60 Å². The summed E-state index contributed by atoms with van der Waals surface area (Å²) in [7, 11) is 0. The summed E-state index contributed by atoms with van der Waals surface area (Å²) in [6.45, 7) is 4.44. The van der Waals surface area contributed by atoms with Gasteiger partial charge in [0, 0.05) is 0 Å². The van der Waals surface area contributed by atoms with Crippen molar-refractivity contribution in [3.63, 3.8) is 0 Å². The predicted octanol–water partition coefficient (Wildman–Crippen LogP) is 5.42. The maximum absolute atomic E-state index is 11.0. The highest BCUT2D eigenvalue weighted by molar-refractivity contribution is 5.22. The maximum Gasteiger partial charge on any atom is 0.0896 e. The molecule has 0 bridgehead atoms. The van der Waals surface area contributed by atoms with Crippen molar-refractivity contribution in [3.8, 4) is 0 Å². The zero-order chi connectivity index (χ0) is 14.0. The van der Waals surface area contributed by atoms with Gasteiger partial charge in [-0.2, -0.15) is 0 Å². The van der Waals surface area contributed by atoms with Crippen molar-refractivity contribution in [1.82, 2.24) is 0 Å². The molecule has 0 radical (unpaired) electrons. The molecular weight excluding hydrogens is 232 g/mol. The van der Waals surface area contributed by atoms with E-state index in [2.05, 4.69) is 26.0 Å². The fourth-order valence-corrected chi connectivity index (χ4v) is 2.67. The second kappa shape index (κ2) is 9.14. The zero-order valence-electron chi connectivity index (χ0n) is 12.7. The van der Waals surface area contributed by atoms with Crippen LogP contribution in [0.1, 0.15) is 77.2 Å². The van der Waals surface area contributed by atoms with Gasteiger partial charge >= 0.3 is 0 Å². The Balaban J connectivity index is 2.61. The minimum Gasteiger partial charge on any atom is -0.385 e. The van der Waals surface area contributed by atoms with E-state index in [1.807, 2.05) is 18.2 Å². The standard InChI is InChI=1S/C18H30O/c1-3-5-7-12-16-18(19,15-11-6-4-2)17-13-9-8-10-14-17/h8-10,13-14,19H,3-7,11-12,15-16H2,1-2H3. The molecule has 1 atom stereocenters. The number of hydrogen-bond acceptors (Lipinski definition) is 1. The van der Waals surface area contributed by atoms with Gasteiger partial charge in [0.15, 0.2) is 0 Å². The van der Waals surface area contributed by atoms with E-state index in [-0.39, 0.29) is 0 Å². The number of aliphatic hydroxyl groups is 1. The number of hydrogen-bond donors (Lipinski definition) is 1. The second-order valence-electron chi connectivity index (χ2n) is 5.67. The molecule has 1 nitrogen and oxygen atoms in total. The predicted molar refractivity (Wildman–Crippen MR) is 83.2 cm³/mol. The molecule has 0 aliphatic heterocycles. The Hall–Kier alpha value is -0.820.